The Labute approximate surface area is 172 Å². The van der Waals surface area contributed by atoms with Crippen LogP contribution in [0.25, 0.3) is 0 Å². The largest absolute Gasteiger partial charge is 0.454 e. The maximum Gasteiger partial charge on any atom is 0.238 e. The fourth-order valence-electron chi connectivity index (χ4n) is 3.55. The summed E-state index contributed by atoms with van der Waals surface area (Å²) in [5.74, 6) is -1.25. The highest BCUT2D eigenvalue weighted by atomic mass is 19.2. The van der Waals surface area contributed by atoms with Crippen molar-refractivity contribution < 1.29 is 27.8 Å². The second-order valence-electron chi connectivity index (χ2n) is 7.28. The van der Waals surface area contributed by atoms with E-state index in [0.717, 1.165) is 12.1 Å². The Morgan fingerprint density at radius 1 is 0.933 bits per heavy atom. The molecule has 30 heavy (non-hydrogen) atoms. The number of hydrogen-bond acceptors (Lipinski definition) is 5. The van der Waals surface area contributed by atoms with Crippen molar-refractivity contribution in [1.29, 1.82) is 0 Å². The van der Waals surface area contributed by atoms with E-state index >= 15 is 0 Å². The van der Waals surface area contributed by atoms with Crippen molar-refractivity contribution in [3.05, 3.63) is 48.0 Å². The summed E-state index contributed by atoms with van der Waals surface area (Å²) in [4.78, 5) is 26.6. The lowest BCUT2D eigenvalue weighted by Crippen LogP contribution is -2.41. The number of rotatable bonds is 5. The molecule has 158 valence electrons. The van der Waals surface area contributed by atoms with Crippen molar-refractivity contribution in [2.45, 2.75) is 12.8 Å². The van der Waals surface area contributed by atoms with Gasteiger partial charge in [-0.25, -0.2) is 8.78 Å². The van der Waals surface area contributed by atoms with Crippen LogP contribution in [0.4, 0.5) is 20.2 Å². The molecule has 0 bridgehead atoms. The Morgan fingerprint density at radius 2 is 1.63 bits per heavy atom. The Bertz CT molecular complexity index is 961. The average molecular weight is 417 g/mol. The van der Waals surface area contributed by atoms with Gasteiger partial charge in [0.05, 0.1) is 6.54 Å². The molecule has 2 amide bonds. The predicted molar refractivity (Wildman–Crippen MR) is 105 cm³/mol. The first kappa shape index (κ1) is 20.1. The molecule has 9 heteroatoms. The third-order valence-electron chi connectivity index (χ3n) is 5.17. The maximum atomic E-state index is 13.2. The average Bonchev–Trinajstić information content (AvgIpc) is 3.19. The number of piperidine rings is 1. The van der Waals surface area contributed by atoms with Crippen LogP contribution in [0.2, 0.25) is 0 Å². The van der Waals surface area contributed by atoms with Crippen LogP contribution in [0.15, 0.2) is 36.4 Å². The summed E-state index contributed by atoms with van der Waals surface area (Å²) in [5, 5.41) is 5.46. The molecule has 2 aliphatic rings. The number of halogens is 2. The van der Waals surface area contributed by atoms with Gasteiger partial charge in [0.1, 0.15) is 0 Å². The Kier molecular flexibility index (Phi) is 5.80. The summed E-state index contributed by atoms with van der Waals surface area (Å²) in [6.45, 7) is 1.47. The number of nitrogens with one attached hydrogen (secondary N) is 2. The molecule has 2 aliphatic heterocycles. The lowest BCUT2D eigenvalue weighted by molar-refractivity contribution is -0.121. The van der Waals surface area contributed by atoms with Crippen LogP contribution < -0.4 is 20.1 Å². The first-order chi connectivity index (χ1) is 14.5. The second-order valence-corrected chi connectivity index (χ2v) is 7.28. The van der Waals surface area contributed by atoms with E-state index in [9.17, 15) is 18.4 Å². The predicted octanol–water partition coefficient (Wildman–Crippen LogP) is 2.98. The van der Waals surface area contributed by atoms with Crippen LogP contribution in [0.3, 0.4) is 0 Å². The van der Waals surface area contributed by atoms with E-state index < -0.39 is 11.6 Å². The molecule has 0 radical (unpaired) electrons. The summed E-state index contributed by atoms with van der Waals surface area (Å²) < 4.78 is 36.8. The third kappa shape index (κ3) is 4.68. The van der Waals surface area contributed by atoms with E-state index in [0.29, 0.717) is 43.1 Å². The summed E-state index contributed by atoms with van der Waals surface area (Å²) in [6, 6.07) is 8.48. The van der Waals surface area contributed by atoms with Crippen LogP contribution in [0.5, 0.6) is 11.5 Å². The molecule has 1 fully saturated rings. The summed E-state index contributed by atoms with van der Waals surface area (Å²) >= 11 is 0. The van der Waals surface area contributed by atoms with Gasteiger partial charge in [-0.15, -0.1) is 0 Å². The minimum atomic E-state index is -1.01. The molecule has 0 spiro atoms. The third-order valence-corrected chi connectivity index (χ3v) is 5.17. The van der Waals surface area contributed by atoms with Crippen LogP contribution in [-0.2, 0) is 9.59 Å². The quantitative estimate of drug-likeness (QED) is 0.782. The Balaban J connectivity index is 1.23. The number of benzene rings is 2. The van der Waals surface area contributed by atoms with E-state index in [1.807, 2.05) is 4.90 Å². The van der Waals surface area contributed by atoms with E-state index in [-0.39, 0.29) is 36.8 Å². The van der Waals surface area contributed by atoms with Gasteiger partial charge >= 0.3 is 0 Å². The van der Waals surface area contributed by atoms with Crippen molar-refractivity contribution in [2.75, 3.05) is 37.1 Å². The molecule has 2 aromatic carbocycles. The van der Waals surface area contributed by atoms with E-state index in [1.54, 1.807) is 18.2 Å². The van der Waals surface area contributed by atoms with Gasteiger partial charge < -0.3 is 20.1 Å². The maximum absolute atomic E-state index is 13.2. The molecular formula is C21H21F2N3O4. The van der Waals surface area contributed by atoms with Crippen LogP contribution in [0.1, 0.15) is 12.8 Å². The highest BCUT2D eigenvalue weighted by molar-refractivity contribution is 5.93. The molecule has 2 N–H and O–H groups in total. The summed E-state index contributed by atoms with van der Waals surface area (Å²) in [6.07, 6.45) is 1.24. The fraction of sp³-hybridized carbons (Fsp3) is 0.333. The van der Waals surface area contributed by atoms with Gasteiger partial charge in [-0.1, -0.05) is 0 Å². The smallest absolute Gasteiger partial charge is 0.238 e. The summed E-state index contributed by atoms with van der Waals surface area (Å²) in [5.41, 5.74) is 0.856. The molecule has 0 atom stereocenters. The number of nitrogens with zero attached hydrogens (tertiary/aromatic N) is 1. The normalized spacial score (nSPS) is 16.3. The molecule has 1 saturated heterocycles. The van der Waals surface area contributed by atoms with Crippen molar-refractivity contribution in [3.8, 4) is 11.5 Å². The fourth-order valence-corrected chi connectivity index (χ4v) is 3.55. The van der Waals surface area contributed by atoms with Gasteiger partial charge in [0.15, 0.2) is 23.1 Å². The highest BCUT2D eigenvalue weighted by Gasteiger charge is 2.26. The van der Waals surface area contributed by atoms with Crippen LogP contribution in [0, 0.1) is 17.6 Å². The number of fused-ring (bicyclic) bond motifs is 1. The number of amides is 2. The molecule has 7 nitrogen and oxygen atoms in total. The Morgan fingerprint density at radius 3 is 2.40 bits per heavy atom. The monoisotopic (exact) mass is 417 g/mol. The molecule has 0 aliphatic carbocycles. The molecule has 4 rings (SSSR count). The number of hydrogen-bond donors (Lipinski definition) is 2. The Hall–Kier alpha value is -3.20. The molecule has 0 unspecified atom stereocenters. The van der Waals surface area contributed by atoms with Gasteiger partial charge in [0, 0.05) is 29.4 Å². The van der Waals surface area contributed by atoms with Crippen LogP contribution >= 0.6 is 0 Å². The number of carbonyl (C=O) groups is 2. The van der Waals surface area contributed by atoms with Gasteiger partial charge in [-0.3, -0.25) is 14.5 Å². The van der Waals surface area contributed by atoms with E-state index in [2.05, 4.69) is 10.6 Å². The number of anilines is 2. The molecule has 0 aromatic heterocycles. The SMILES string of the molecule is O=C(CN1CCC(C(=O)Nc2ccc3c(c2)OCO3)CC1)Nc1ccc(F)c(F)c1. The molecular weight excluding hydrogens is 396 g/mol. The van der Waals surface area contributed by atoms with Crippen molar-refractivity contribution in [2.24, 2.45) is 5.92 Å². The first-order valence-electron chi connectivity index (χ1n) is 9.66. The van der Waals surface area contributed by atoms with Gasteiger partial charge in [0.25, 0.3) is 0 Å². The topological polar surface area (TPSA) is 79.9 Å². The minimum Gasteiger partial charge on any atom is -0.454 e. The highest BCUT2D eigenvalue weighted by Crippen LogP contribution is 2.34. The second kappa shape index (κ2) is 8.66. The van der Waals surface area contributed by atoms with Crippen molar-refractivity contribution in [1.82, 2.24) is 4.90 Å². The van der Waals surface area contributed by atoms with Crippen LogP contribution in [-0.4, -0.2) is 43.1 Å². The number of likely N-dealkylation sites (tertiary alicyclic amines) is 1. The van der Waals surface area contributed by atoms with Gasteiger partial charge in [-0.2, -0.15) is 0 Å². The minimum absolute atomic E-state index is 0.0697. The number of carbonyl (C=O) groups excluding carboxylic acids is 2. The molecule has 2 heterocycles. The standard InChI is InChI=1S/C21H21F2N3O4/c22-16-3-1-14(9-17(16)23)24-20(27)11-26-7-5-13(6-8-26)21(28)25-15-2-4-18-19(10-15)30-12-29-18/h1-4,9-10,13H,5-8,11-12H2,(H,24,27)(H,25,28). The lowest BCUT2D eigenvalue weighted by Gasteiger charge is -2.30. The number of ether oxygens (including phenoxy) is 2. The van der Waals surface area contributed by atoms with Gasteiger partial charge in [0.2, 0.25) is 18.6 Å². The van der Waals surface area contributed by atoms with Crippen molar-refractivity contribution >= 4 is 23.2 Å². The van der Waals surface area contributed by atoms with E-state index in [1.165, 1.54) is 6.07 Å². The zero-order valence-electron chi connectivity index (χ0n) is 16.1. The zero-order valence-corrected chi connectivity index (χ0v) is 16.1. The molecule has 2 aromatic rings. The zero-order chi connectivity index (χ0) is 21.1. The van der Waals surface area contributed by atoms with E-state index in [4.69, 9.17) is 9.47 Å². The first-order valence-corrected chi connectivity index (χ1v) is 9.66. The molecule has 0 saturated carbocycles. The van der Waals surface area contributed by atoms with Gasteiger partial charge in [-0.05, 0) is 50.2 Å². The lowest BCUT2D eigenvalue weighted by atomic mass is 9.95. The van der Waals surface area contributed by atoms with Crippen molar-refractivity contribution in [3.63, 3.8) is 0 Å². The summed E-state index contributed by atoms with van der Waals surface area (Å²) in [7, 11) is 0.